The molecule has 2 aromatic rings. The van der Waals surface area contributed by atoms with Crippen molar-refractivity contribution in [3.05, 3.63) is 59.7 Å². The fourth-order valence-corrected chi connectivity index (χ4v) is 1.74. The van der Waals surface area contributed by atoms with Crippen molar-refractivity contribution in [1.29, 1.82) is 0 Å². The Hall–Kier alpha value is -2.76. The van der Waals surface area contributed by atoms with Crippen molar-refractivity contribution < 1.29 is 14.7 Å². The zero-order chi connectivity index (χ0) is 14.5. The third kappa shape index (κ3) is 2.97. The molecule has 0 radical (unpaired) electrons. The van der Waals surface area contributed by atoms with Crippen molar-refractivity contribution in [1.82, 2.24) is 15.3 Å². The lowest BCUT2D eigenvalue weighted by Crippen LogP contribution is -2.29. The summed E-state index contributed by atoms with van der Waals surface area (Å²) in [6.07, 6.45) is 4.66. The molecule has 0 bridgehead atoms. The lowest BCUT2D eigenvalue weighted by atomic mass is 10.1. The zero-order valence-electron chi connectivity index (χ0n) is 10.8. The number of aromatic nitrogens is 2. The largest absolute Gasteiger partial charge is 0.478 e. The Morgan fingerprint density at radius 3 is 2.65 bits per heavy atom. The number of rotatable bonds is 4. The number of hydrogen-bond donors (Lipinski definition) is 2. The molecule has 0 spiro atoms. The van der Waals surface area contributed by atoms with E-state index >= 15 is 0 Å². The van der Waals surface area contributed by atoms with Crippen LogP contribution in [0.4, 0.5) is 0 Å². The summed E-state index contributed by atoms with van der Waals surface area (Å²) < 4.78 is 0. The molecular weight excluding hydrogens is 258 g/mol. The maximum absolute atomic E-state index is 12.1. The van der Waals surface area contributed by atoms with E-state index in [9.17, 15) is 9.59 Å². The normalized spacial score (nSPS) is 11.7. The van der Waals surface area contributed by atoms with Crippen LogP contribution in [0, 0.1) is 0 Å². The Labute approximate surface area is 115 Å². The van der Waals surface area contributed by atoms with Crippen LogP contribution in [-0.4, -0.2) is 27.0 Å². The summed E-state index contributed by atoms with van der Waals surface area (Å²) >= 11 is 0. The number of amides is 1. The van der Waals surface area contributed by atoms with Gasteiger partial charge in [-0.1, -0.05) is 6.07 Å². The van der Waals surface area contributed by atoms with Crippen molar-refractivity contribution in [3.8, 4) is 0 Å². The van der Waals surface area contributed by atoms with Crippen LogP contribution in [0.15, 0.2) is 42.9 Å². The maximum atomic E-state index is 12.1. The number of aromatic carboxylic acids is 1. The molecule has 2 heterocycles. The predicted octanol–water partition coefficient (Wildman–Crippen LogP) is 1.67. The van der Waals surface area contributed by atoms with Crippen LogP contribution in [0.1, 0.15) is 39.4 Å². The zero-order valence-corrected chi connectivity index (χ0v) is 10.8. The third-order valence-electron chi connectivity index (χ3n) is 2.79. The monoisotopic (exact) mass is 271 g/mol. The van der Waals surface area contributed by atoms with E-state index in [1.165, 1.54) is 18.3 Å². The summed E-state index contributed by atoms with van der Waals surface area (Å²) in [5.74, 6) is -1.71. The highest BCUT2D eigenvalue weighted by atomic mass is 16.4. The van der Waals surface area contributed by atoms with Crippen LogP contribution in [0.2, 0.25) is 0 Å². The van der Waals surface area contributed by atoms with Crippen molar-refractivity contribution in [3.63, 3.8) is 0 Å². The van der Waals surface area contributed by atoms with Crippen LogP contribution in [0.25, 0.3) is 0 Å². The second-order valence-electron chi connectivity index (χ2n) is 4.19. The van der Waals surface area contributed by atoms with Gasteiger partial charge in [0.15, 0.2) is 0 Å². The fraction of sp³-hybridized carbons (Fsp3) is 0.143. The van der Waals surface area contributed by atoms with Crippen LogP contribution in [0.5, 0.6) is 0 Å². The summed E-state index contributed by atoms with van der Waals surface area (Å²) in [5.41, 5.74) is 0.604. The van der Waals surface area contributed by atoms with Crippen LogP contribution in [-0.2, 0) is 0 Å². The van der Waals surface area contributed by atoms with E-state index in [1.54, 1.807) is 25.4 Å². The minimum atomic E-state index is -1.18. The average molecular weight is 271 g/mol. The molecule has 102 valence electrons. The molecule has 1 amide bonds. The number of nitrogens with one attached hydrogen (secondary N) is 1. The van der Waals surface area contributed by atoms with Crippen LogP contribution >= 0.6 is 0 Å². The van der Waals surface area contributed by atoms with E-state index in [4.69, 9.17) is 5.11 Å². The van der Waals surface area contributed by atoms with E-state index in [0.717, 1.165) is 5.56 Å². The van der Waals surface area contributed by atoms with Gasteiger partial charge in [0.25, 0.3) is 5.91 Å². The second-order valence-corrected chi connectivity index (χ2v) is 4.19. The molecule has 2 N–H and O–H groups in total. The molecule has 20 heavy (non-hydrogen) atoms. The number of carboxylic acids is 1. The number of nitrogens with zero attached hydrogens (tertiary/aromatic N) is 2. The Bertz CT molecular complexity index is 629. The first kappa shape index (κ1) is 13.7. The van der Waals surface area contributed by atoms with E-state index in [0.29, 0.717) is 0 Å². The Balaban J connectivity index is 2.19. The van der Waals surface area contributed by atoms with Gasteiger partial charge in [-0.3, -0.25) is 14.8 Å². The van der Waals surface area contributed by atoms with E-state index in [2.05, 4.69) is 15.3 Å². The number of carboxylic acid groups (broad SMARTS) is 1. The number of carbonyl (C=O) groups is 2. The molecule has 0 saturated heterocycles. The van der Waals surface area contributed by atoms with Gasteiger partial charge in [0.1, 0.15) is 5.69 Å². The quantitative estimate of drug-likeness (QED) is 0.882. The Kier molecular flexibility index (Phi) is 4.05. The third-order valence-corrected chi connectivity index (χ3v) is 2.79. The van der Waals surface area contributed by atoms with Crippen molar-refractivity contribution in [2.45, 2.75) is 13.0 Å². The summed E-state index contributed by atoms with van der Waals surface area (Å²) in [6, 6.07) is 6.12. The first-order valence-electron chi connectivity index (χ1n) is 5.98. The summed E-state index contributed by atoms with van der Waals surface area (Å²) in [5, 5.41) is 11.7. The average Bonchev–Trinajstić information content (AvgIpc) is 2.48. The van der Waals surface area contributed by atoms with Crippen molar-refractivity contribution in [2.24, 2.45) is 0 Å². The summed E-state index contributed by atoms with van der Waals surface area (Å²) in [7, 11) is 0. The smallest absolute Gasteiger partial charge is 0.338 e. The van der Waals surface area contributed by atoms with Gasteiger partial charge in [0, 0.05) is 18.6 Å². The molecule has 2 rings (SSSR count). The molecule has 6 heteroatoms. The van der Waals surface area contributed by atoms with Gasteiger partial charge in [0.05, 0.1) is 11.6 Å². The van der Waals surface area contributed by atoms with E-state index in [-0.39, 0.29) is 17.3 Å². The highest BCUT2D eigenvalue weighted by Crippen LogP contribution is 2.12. The number of carbonyl (C=O) groups excluding carboxylic acids is 1. The lowest BCUT2D eigenvalue weighted by Gasteiger charge is -2.14. The Morgan fingerprint density at radius 2 is 2.00 bits per heavy atom. The standard InChI is InChI=1S/C14H13N3O3/c1-9(10-4-2-6-15-8-10)17-13(18)12-11(14(19)20)5-3-7-16-12/h2-9H,1H3,(H,17,18)(H,19,20)/t9-/m1/s1. The van der Waals surface area contributed by atoms with Crippen LogP contribution in [0.3, 0.4) is 0 Å². The first-order chi connectivity index (χ1) is 9.59. The predicted molar refractivity (Wildman–Crippen MR) is 71.3 cm³/mol. The number of pyridine rings is 2. The topological polar surface area (TPSA) is 92.2 Å². The maximum Gasteiger partial charge on any atom is 0.338 e. The van der Waals surface area contributed by atoms with Gasteiger partial charge in [-0.25, -0.2) is 4.79 Å². The van der Waals surface area contributed by atoms with Gasteiger partial charge in [-0.2, -0.15) is 0 Å². The van der Waals surface area contributed by atoms with Gasteiger partial charge in [-0.15, -0.1) is 0 Å². The molecule has 2 aromatic heterocycles. The molecule has 1 atom stereocenters. The second kappa shape index (κ2) is 5.92. The van der Waals surface area contributed by atoms with E-state index < -0.39 is 11.9 Å². The Morgan fingerprint density at radius 1 is 1.25 bits per heavy atom. The van der Waals surface area contributed by atoms with Crippen molar-refractivity contribution in [2.75, 3.05) is 0 Å². The lowest BCUT2D eigenvalue weighted by molar-refractivity contribution is 0.0689. The van der Waals surface area contributed by atoms with Gasteiger partial charge in [-0.05, 0) is 30.7 Å². The highest BCUT2D eigenvalue weighted by Gasteiger charge is 2.19. The summed E-state index contributed by atoms with van der Waals surface area (Å²) in [6.45, 7) is 1.79. The molecule has 0 aromatic carbocycles. The first-order valence-corrected chi connectivity index (χ1v) is 5.98. The summed E-state index contributed by atoms with van der Waals surface area (Å²) in [4.78, 5) is 31.0. The highest BCUT2D eigenvalue weighted by molar-refractivity contribution is 6.03. The molecule has 0 fully saturated rings. The molecule has 0 aliphatic rings. The van der Waals surface area contributed by atoms with Gasteiger partial charge >= 0.3 is 5.97 Å². The van der Waals surface area contributed by atoms with Gasteiger partial charge in [0.2, 0.25) is 0 Å². The van der Waals surface area contributed by atoms with Crippen LogP contribution < -0.4 is 5.32 Å². The van der Waals surface area contributed by atoms with E-state index in [1.807, 2.05) is 6.07 Å². The minimum Gasteiger partial charge on any atom is -0.478 e. The number of hydrogen-bond acceptors (Lipinski definition) is 4. The molecular formula is C14H13N3O3. The molecule has 6 nitrogen and oxygen atoms in total. The minimum absolute atomic E-state index is 0.101. The SMILES string of the molecule is C[C@@H](NC(=O)c1ncccc1C(=O)O)c1cccnc1. The van der Waals surface area contributed by atoms with Crippen molar-refractivity contribution >= 4 is 11.9 Å². The fourth-order valence-electron chi connectivity index (χ4n) is 1.74. The molecule has 0 saturated carbocycles. The van der Waals surface area contributed by atoms with Gasteiger partial charge < -0.3 is 10.4 Å². The molecule has 0 unspecified atom stereocenters. The molecule has 0 aliphatic heterocycles. The molecule has 0 aliphatic carbocycles.